The number of allylic oxidation sites excluding steroid dienone is 1. The number of nitrogens with one attached hydrogen (secondary N) is 1. The van der Waals surface area contributed by atoms with Crippen molar-refractivity contribution in [3.05, 3.63) is 64.2 Å². The van der Waals surface area contributed by atoms with Crippen molar-refractivity contribution >= 4 is 28.7 Å². The van der Waals surface area contributed by atoms with E-state index >= 15 is 0 Å². The molecule has 1 aromatic carbocycles. The second-order valence-electron chi connectivity index (χ2n) is 6.20. The molecular weight excluding hydrogens is 360 g/mol. The van der Waals surface area contributed by atoms with Gasteiger partial charge in [-0.25, -0.2) is 4.99 Å². The summed E-state index contributed by atoms with van der Waals surface area (Å²) >= 11 is 1.65. The summed E-state index contributed by atoms with van der Waals surface area (Å²) in [6.07, 6.45) is 3.83. The third-order valence-electron chi connectivity index (χ3n) is 4.45. The van der Waals surface area contributed by atoms with Gasteiger partial charge in [-0.2, -0.15) is 11.3 Å². The summed E-state index contributed by atoms with van der Waals surface area (Å²) < 4.78 is 5.33. The average Bonchev–Trinajstić information content (AvgIpc) is 3.25. The van der Waals surface area contributed by atoms with E-state index in [0.717, 1.165) is 46.9 Å². The van der Waals surface area contributed by atoms with E-state index in [2.05, 4.69) is 21.8 Å². The van der Waals surface area contributed by atoms with E-state index in [1.807, 2.05) is 47.1 Å². The van der Waals surface area contributed by atoms with Crippen molar-refractivity contribution in [3.8, 4) is 5.75 Å². The normalized spacial score (nSPS) is 19.4. The summed E-state index contributed by atoms with van der Waals surface area (Å²) in [5.41, 5.74) is 10.1. The van der Waals surface area contributed by atoms with Gasteiger partial charge in [0.05, 0.1) is 26.3 Å². The molecule has 0 spiro atoms. The van der Waals surface area contributed by atoms with Gasteiger partial charge in [-0.05, 0) is 40.1 Å². The van der Waals surface area contributed by atoms with Crippen LogP contribution in [0.4, 0.5) is 0 Å². The van der Waals surface area contributed by atoms with Crippen LogP contribution in [0.1, 0.15) is 11.1 Å². The zero-order chi connectivity index (χ0) is 18.5. The maximum atomic E-state index is 5.92. The first-order chi connectivity index (χ1) is 13.3. The van der Waals surface area contributed by atoms with Gasteiger partial charge in [0.25, 0.3) is 0 Å². The number of nitrogens with zero attached hydrogens (tertiary/aromatic N) is 2. The molecule has 2 aliphatic heterocycles. The number of hydroxylamine groups is 2. The van der Waals surface area contributed by atoms with Gasteiger partial charge in [0.15, 0.2) is 0 Å². The maximum absolute atomic E-state index is 5.92. The lowest BCUT2D eigenvalue weighted by Gasteiger charge is -2.26. The number of aliphatic imine (C=N–C) groups is 1. The first-order valence-electron chi connectivity index (χ1n) is 8.91. The summed E-state index contributed by atoms with van der Waals surface area (Å²) in [7, 11) is 0. The van der Waals surface area contributed by atoms with Crippen LogP contribution in [0.5, 0.6) is 5.75 Å². The van der Waals surface area contributed by atoms with Crippen LogP contribution in [0.2, 0.25) is 0 Å². The number of rotatable bonds is 5. The van der Waals surface area contributed by atoms with Gasteiger partial charge in [-0.1, -0.05) is 12.1 Å². The Morgan fingerprint density at radius 2 is 2.04 bits per heavy atom. The van der Waals surface area contributed by atoms with Crippen LogP contribution in [-0.2, 0) is 4.74 Å². The second kappa shape index (κ2) is 8.49. The van der Waals surface area contributed by atoms with Crippen LogP contribution >= 0.6 is 11.3 Å². The molecule has 0 atom stereocenters. The Labute approximate surface area is 162 Å². The molecule has 0 saturated carbocycles. The molecule has 6 nitrogen and oxygen atoms in total. The van der Waals surface area contributed by atoms with E-state index in [0.29, 0.717) is 19.8 Å². The summed E-state index contributed by atoms with van der Waals surface area (Å²) in [6, 6.07) is 10.1. The van der Waals surface area contributed by atoms with Gasteiger partial charge in [0.2, 0.25) is 0 Å². The Hall–Kier alpha value is -2.45. The minimum Gasteiger partial charge on any atom is -0.406 e. The number of hydrogen-bond acceptors (Lipinski definition) is 7. The van der Waals surface area contributed by atoms with Crippen molar-refractivity contribution in [2.75, 3.05) is 32.8 Å². The Balaban J connectivity index is 1.44. The van der Waals surface area contributed by atoms with Crippen LogP contribution in [0.3, 0.4) is 0 Å². The summed E-state index contributed by atoms with van der Waals surface area (Å²) in [5.74, 6) is 1.62. The van der Waals surface area contributed by atoms with Crippen LogP contribution in [0.15, 0.2) is 58.1 Å². The standard InChI is InChI=1S/C20H22N4O2S/c21-11-19(16-5-10-27-14-16)20-22-12-17(13-23-20)15-1-3-18(4-2-15)26-24-6-8-25-9-7-24/h1-5,10,12-14,22H,6-9,11,21H2/b20-19-. The van der Waals surface area contributed by atoms with Crippen LogP contribution < -0.4 is 15.9 Å². The van der Waals surface area contributed by atoms with Gasteiger partial charge in [-0.15, -0.1) is 5.06 Å². The zero-order valence-electron chi connectivity index (χ0n) is 14.9. The smallest absolute Gasteiger partial charge is 0.147 e. The van der Waals surface area contributed by atoms with E-state index in [9.17, 15) is 0 Å². The molecule has 1 saturated heterocycles. The first-order valence-corrected chi connectivity index (χ1v) is 9.85. The summed E-state index contributed by atoms with van der Waals surface area (Å²) in [4.78, 5) is 10.4. The molecule has 3 N–H and O–H groups in total. The van der Waals surface area contributed by atoms with E-state index < -0.39 is 0 Å². The first kappa shape index (κ1) is 17.9. The van der Waals surface area contributed by atoms with Crippen molar-refractivity contribution in [1.82, 2.24) is 10.4 Å². The lowest BCUT2D eigenvalue weighted by molar-refractivity contribution is -0.118. The molecule has 7 heteroatoms. The highest BCUT2D eigenvalue weighted by Gasteiger charge is 2.13. The molecule has 0 radical (unpaired) electrons. The molecule has 0 unspecified atom stereocenters. The number of nitrogens with two attached hydrogens (primary N) is 1. The molecule has 1 fully saturated rings. The molecule has 27 heavy (non-hydrogen) atoms. The predicted molar refractivity (Wildman–Crippen MR) is 109 cm³/mol. The molecule has 3 heterocycles. The molecule has 2 aliphatic rings. The van der Waals surface area contributed by atoms with Crippen molar-refractivity contribution < 1.29 is 9.57 Å². The lowest BCUT2D eigenvalue weighted by Crippen LogP contribution is -2.38. The van der Waals surface area contributed by atoms with E-state index in [1.54, 1.807) is 11.3 Å². The number of morpholine rings is 1. The van der Waals surface area contributed by atoms with Crippen LogP contribution in [-0.4, -0.2) is 44.1 Å². The molecular formula is C20H22N4O2S. The largest absolute Gasteiger partial charge is 0.406 e. The Bertz CT molecular complexity index is 851. The highest BCUT2D eigenvalue weighted by Crippen LogP contribution is 2.24. The van der Waals surface area contributed by atoms with Crippen LogP contribution in [0.25, 0.3) is 11.1 Å². The Morgan fingerprint density at radius 3 is 2.67 bits per heavy atom. The van der Waals surface area contributed by atoms with Crippen molar-refractivity contribution in [3.63, 3.8) is 0 Å². The molecule has 140 valence electrons. The highest BCUT2D eigenvalue weighted by molar-refractivity contribution is 7.08. The van der Waals surface area contributed by atoms with Crippen LogP contribution in [0, 0.1) is 0 Å². The van der Waals surface area contributed by atoms with Gasteiger partial charge >= 0.3 is 0 Å². The molecule has 0 amide bonds. The summed E-state index contributed by atoms with van der Waals surface area (Å²) in [6.45, 7) is 3.42. The fraction of sp³-hybridized carbons (Fsp3) is 0.250. The lowest BCUT2D eigenvalue weighted by atomic mass is 10.1. The van der Waals surface area contributed by atoms with E-state index in [1.165, 1.54) is 0 Å². The minimum atomic E-state index is 0.438. The third kappa shape index (κ3) is 4.28. The number of ether oxygens (including phenoxy) is 1. The van der Waals surface area contributed by atoms with E-state index in [4.69, 9.17) is 15.3 Å². The third-order valence-corrected chi connectivity index (χ3v) is 5.13. The fourth-order valence-electron chi connectivity index (χ4n) is 2.96. The Morgan fingerprint density at radius 1 is 1.22 bits per heavy atom. The second-order valence-corrected chi connectivity index (χ2v) is 6.98. The van der Waals surface area contributed by atoms with Crippen molar-refractivity contribution in [1.29, 1.82) is 0 Å². The fourth-order valence-corrected chi connectivity index (χ4v) is 3.63. The molecule has 0 aliphatic carbocycles. The minimum absolute atomic E-state index is 0.438. The van der Waals surface area contributed by atoms with E-state index in [-0.39, 0.29) is 0 Å². The highest BCUT2D eigenvalue weighted by atomic mass is 32.1. The monoisotopic (exact) mass is 382 g/mol. The quantitative estimate of drug-likeness (QED) is 0.832. The maximum Gasteiger partial charge on any atom is 0.147 e. The predicted octanol–water partition coefficient (Wildman–Crippen LogP) is 2.72. The SMILES string of the molecule is NC/C(=C1/N=CC(c2ccc(ON3CCOCC3)cc2)=CN1)c1ccsc1. The van der Waals surface area contributed by atoms with Crippen molar-refractivity contribution in [2.45, 2.75) is 0 Å². The van der Waals surface area contributed by atoms with Gasteiger partial charge in [0, 0.05) is 30.1 Å². The average molecular weight is 382 g/mol. The molecule has 4 rings (SSSR count). The number of hydrogen-bond donors (Lipinski definition) is 2. The van der Waals surface area contributed by atoms with Crippen molar-refractivity contribution in [2.24, 2.45) is 10.7 Å². The van der Waals surface area contributed by atoms with Gasteiger partial charge < -0.3 is 20.6 Å². The molecule has 2 aromatic rings. The zero-order valence-corrected chi connectivity index (χ0v) is 15.7. The Kier molecular flexibility index (Phi) is 5.64. The van der Waals surface area contributed by atoms with Gasteiger partial charge in [-0.3, -0.25) is 0 Å². The number of thiophene rings is 1. The molecule has 1 aromatic heterocycles. The number of benzene rings is 1. The van der Waals surface area contributed by atoms with Gasteiger partial charge in [0.1, 0.15) is 11.6 Å². The summed E-state index contributed by atoms with van der Waals surface area (Å²) in [5, 5.41) is 9.33. The molecule has 0 bridgehead atoms. The topological polar surface area (TPSA) is 72.1 Å².